The number of aliphatic hydroxyl groups excluding tert-OH is 1. The zero-order valence-electron chi connectivity index (χ0n) is 13.2. The zero-order chi connectivity index (χ0) is 15.2. The topological polar surface area (TPSA) is 47.9 Å². The van der Waals surface area contributed by atoms with Crippen molar-refractivity contribution in [1.29, 1.82) is 0 Å². The Morgan fingerprint density at radius 3 is 2.38 bits per heavy atom. The number of hydrogen-bond acceptors (Lipinski definition) is 4. The molecule has 2 rings (SSSR count). The highest BCUT2D eigenvalue weighted by atomic mass is 16.5. The van der Waals surface area contributed by atoms with Crippen molar-refractivity contribution in [3.63, 3.8) is 0 Å². The molecule has 0 spiro atoms. The van der Waals surface area contributed by atoms with Crippen LogP contribution in [0.2, 0.25) is 0 Å². The van der Waals surface area contributed by atoms with Gasteiger partial charge in [0, 0.05) is 0 Å². The summed E-state index contributed by atoms with van der Waals surface area (Å²) in [6, 6.07) is 5.45. The van der Waals surface area contributed by atoms with Crippen molar-refractivity contribution < 1.29 is 19.3 Å². The van der Waals surface area contributed by atoms with E-state index in [1.807, 2.05) is 6.07 Å². The van der Waals surface area contributed by atoms with E-state index in [2.05, 4.69) is 6.92 Å². The average Bonchev–Trinajstić information content (AvgIpc) is 2.53. The molecule has 0 bridgehead atoms. The SMILES string of the molecule is COc1ccc(C(O)COC2CCC(C)CC2)cc1OC. The second kappa shape index (κ2) is 7.66. The first kappa shape index (κ1) is 16.1. The summed E-state index contributed by atoms with van der Waals surface area (Å²) in [5.74, 6) is 2.09. The molecule has 1 N–H and O–H groups in total. The lowest BCUT2D eigenvalue weighted by Crippen LogP contribution is -2.22. The maximum Gasteiger partial charge on any atom is 0.161 e. The number of methoxy groups -OCH3 is 2. The highest BCUT2D eigenvalue weighted by Gasteiger charge is 2.20. The molecular formula is C17H26O4. The fourth-order valence-corrected chi connectivity index (χ4v) is 2.78. The number of ether oxygens (including phenoxy) is 3. The smallest absolute Gasteiger partial charge is 0.161 e. The minimum Gasteiger partial charge on any atom is -0.493 e. The Hall–Kier alpha value is -1.26. The molecule has 0 saturated heterocycles. The average molecular weight is 294 g/mol. The fraction of sp³-hybridized carbons (Fsp3) is 0.647. The van der Waals surface area contributed by atoms with E-state index in [9.17, 15) is 5.11 Å². The van der Waals surface area contributed by atoms with Crippen LogP contribution in [0.25, 0.3) is 0 Å². The number of rotatable bonds is 6. The summed E-state index contributed by atoms with van der Waals surface area (Å²) < 4.78 is 16.3. The summed E-state index contributed by atoms with van der Waals surface area (Å²) in [4.78, 5) is 0. The largest absolute Gasteiger partial charge is 0.493 e. The van der Waals surface area contributed by atoms with Crippen molar-refractivity contribution >= 4 is 0 Å². The molecule has 0 heterocycles. The molecule has 1 aliphatic rings. The third kappa shape index (κ3) is 4.35. The molecule has 1 atom stereocenters. The van der Waals surface area contributed by atoms with E-state index in [0.717, 1.165) is 24.3 Å². The van der Waals surface area contributed by atoms with Crippen LogP contribution in [0.3, 0.4) is 0 Å². The predicted octanol–water partition coefficient (Wildman–Crippen LogP) is 3.33. The molecule has 0 radical (unpaired) electrons. The van der Waals surface area contributed by atoms with Gasteiger partial charge in [-0.05, 0) is 49.3 Å². The van der Waals surface area contributed by atoms with Gasteiger partial charge >= 0.3 is 0 Å². The first-order valence-electron chi connectivity index (χ1n) is 7.65. The lowest BCUT2D eigenvalue weighted by atomic mass is 9.89. The molecular weight excluding hydrogens is 268 g/mol. The van der Waals surface area contributed by atoms with Crippen molar-refractivity contribution in [1.82, 2.24) is 0 Å². The Morgan fingerprint density at radius 2 is 1.76 bits per heavy atom. The summed E-state index contributed by atoms with van der Waals surface area (Å²) >= 11 is 0. The third-order valence-electron chi connectivity index (χ3n) is 4.25. The van der Waals surface area contributed by atoms with E-state index in [4.69, 9.17) is 14.2 Å². The van der Waals surface area contributed by atoms with Crippen LogP contribution in [0.15, 0.2) is 18.2 Å². The molecule has 4 heteroatoms. The molecule has 1 aliphatic carbocycles. The number of benzene rings is 1. The maximum atomic E-state index is 10.3. The molecule has 0 aliphatic heterocycles. The van der Waals surface area contributed by atoms with Gasteiger partial charge in [-0.15, -0.1) is 0 Å². The van der Waals surface area contributed by atoms with E-state index < -0.39 is 6.10 Å². The van der Waals surface area contributed by atoms with Crippen molar-refractivity contribution in [2.75, 3.05) is 20.8 Å². The molecule has 1 unspecified atom stereocenters. The standard InChI is InChI=1S/C17H26O4/c1-12-4-7-14(8-5-12)21-11-15(18)13-6-9-16(19-2)17(10-13)20-3/h6,9-10,12,14-15,18H,4-5,7-8,11H2,1-3H3. The quantitative estimate of drug-likeness (QED) is 0.874. The third-order valence-corrected chi connectivity index (χ3v) is 4.25. The predicted molar refractivity (Wildman–Crippen MR) is 81.9 cm³/mol. The molecule has 1 aromatic carbocycles. The van der Waals surface area contributed by atoms with Crippen LogP contribution in [-0.4, -0.2) is 32.0 Å². The van der Waals surface area contributed by atoms with Crippen molar-refractivity contribution in [2.45, 2.75) is 44.8 Å². The highest BCUT2D eigenvalue weighted by Crippen LogP contribution is 2.31. The van der Waals surface area contributed by atoms with Gasteiger partial charge < -0.3 is 19.3 Å². The van der Waals surface area contributed by atoms with Crippen LogP contribution in [0.5, 0.6) is 11.5 Å². The first-order valence-corrected chi connectivity index (χ1v) is 7.65. The molecule has 118 valence electrons. The van der Waals surface area contributed by atoms with Crippen LogP contribution >= 0.6 is 0 Å². The van der Waals surface area contributed by atoms with E-state index >= 15 is 0 Å². The maximum absolute atomic E-state index is 10.3. The van der Waals surface area contributed by atoms with Gasteiger partial charge in [-0.1, -0.05) is 13.0 Å². The van der Waals surface area contributed by atoms with Gasteiger partial charge in [-0.2, -0.15) is 0 Å². The lowest BCUT2D eigenvalue weighted by molar-refractivity contribution is -0.0294. The molecule has 21 heavy (non-hydrogen) atoms. The molecule has 0 aromatic heterocycles. The van der Waals surface area contributed by atoms with Gasteiger partial charge in [-0.3, -0.25) is 0 Å². The van der Waals surface area contributed by atoms with Crippen LogP contribution in [0, 0.1) is 5.92 Å². The van der Waals surface area contributed by atoms with Gasteiger partial charge in [0.05, 0.1) is 26.9 Å². The number of hydrogen-bond donors (Lipinski definition) is 1. The van der Waals surface area contributed by atoms with E-state index in [0.29, 0.717) is 18.1 Å². The summed E-state index contributed by atoms with van der Waals surface area (Å²) in [5, 5.41) is 10.3. The summed E-state index contributed by atoms with van der Waals surface area (Å²) in [6.45, 7) is 2.61. The highest BCUT2D eigenvalue weighted by molar-refractivity contribution is 5.43. The molecule has 1 aromatic rings. The summed E-state index contributed by atoms with van der Waals surface area (Å²) in [5.41, 5.74) is 0.789. The van der Waals surface area contributed by atoms with Crippen LogP contribution in [-0.2, 0) is 4.74 Å². The second-order valence-corrected chi connectivity index (χ2v) is 5.85. The molecule has 4 nitrogen and oxygen atoms in total. The Labute approximate surface area is 127 Å². The second-order valence-electron chi connectivity index (χ2n) is 5.85. The molecule has 1 fully saturated rings. The van der Waals surface area contributed by atoms with E-state index in [1.165, 1.54) is 12.8 Å². The van der Waals surface area contributed by atoms with Gasteiger partial charge in [0.25, 0.3) is 0 Å². The Kier molecular flexibility index (Phi) is 5.88. The van der Waals surface area contributed by atoms with Crippen LogP contribution in [0.1, 0.15) is 44.3 Å². The van der Waals surface area contributed by atoms with Crippen molar-refractivity contribution in [3.05, 3.63) is 23.8 Å². The van der Waals surface area contributed by atoms with Gasteiger partial charge in [0.1, 0.15) is 6.10 Å². The summed E-state index contributed by atoms with van der Waals surface area (Å²) in [6.07, 6.45) is 4.29. The Balaban J connectivity index is 1.89. The van der Waals surface area contributed by atoms with Crippen LogP contribution in [0.4, 0.5) is 0 Å². The van der Waals surface area contributed by atoms with Gasteiger partial charge in [0.2, 0.25) is 0 Å². The Bertz CT molecular complexity index is 438. The minimum atomic E-state index is -0.635. The monoisotopic (exact) mass is 294 g/mol. The van der Waals surface area contributed by atoms with Crippen molar-refractivity contribution in [3.8, 4) is 11.5 Å². The zero-order valence-corrected chi connectivity index (χ0v) is 13.2. The first-order chi connectivity index (χ1) is 10.1. The molecule has 0 amide bonds. The Morgan fingerprint density at radius 1 is 1.10 bits per heavy atom. The molecule has 1 saturated carbocycles. The van der Waals surface area contributed by atoms with E-state index in [-0.39, 0.29) is 6.10 Å². The van der Waals surface area contributed by atoms with Crippen LogP contribution < -0.4 is 9.47 Å². The van der Waals surface area contributed by atoms with Gasteiger partial charge in [-0.25, -0.2) is 0 Å². The number of aliphatic hydroxyl groups is 1. The summed E-state index contributed by atoms with van der Waals surface area (Å²) in [7, 11) is 3.19. The van der Waals surface area contributed by atoms with E-state index in [1.54, 1.807) is 26.4 Å². The fourth-order valence-electron chi connectivity index (χ4n) is 2.78. The van der Waals surface area contributed by atoms with Crippen molar-refractivity contribution in [2.24, 2.45) is 5.92 Å². The normalized spacial score (nSPS) is 23.6. The minimum absolute atomic E-state index is 0.288. The van der Waals surface area contributed by atoms with Gasteiger partial charge in [0.15, 0.2) is 11.5 Å². The lowest BCUT2D eigenvalue weighted by Gasteiger charge is -2.27.